The molecule has 0 bridgehead atoms. The van der Waals surface area contributed by atoms with Crippen molar-refractivity contribution >= 4 is 46.3 Å². The van der Waals surface area contributed by atoms with Gasteiger partial charge in [-0.2, -0.15) is 20.5 Å². The van der Waals surface area contributed by atoms with Crippen LogP contribution in [0.3, 0.4) is 0 Å². The molecule has 0 saturated carbocycles. The van der Waals surface area contributed by atoms with E-state index in [0.29, 0.717) is 13.3 Å². The molecule has 0 atom stereocenters. The highest BCUT2D eigenvalue weighted by atomic mass is 15.2. The monoisotopic (exact) mass is 532 g/mol. The first kappa shape index (κ1) is 28.4. The van der Waals surface area contributed by atoms with Gasteiger partial charge in [0.05, 0.1) is 36.1 Å². The molecule has 0 radical (unpaired) electrons. The van der Waals surface area contributed by atoms with Crippen LogP contribution in [0.5, 0.6) is 0 Å². The Bertz CT molecular complexity index is 1290. The lowest BCUT2D eigenvalue weighted by Gasteiger charge is -2.20. The first-order valence-corrected chi connectivity index (χ1v) is 13.4. The standard InChI is InChI=1S/C32H36N8/c1-3-39(23-33)31-19-15-29(16-20-31)37-35-27-11-7-25(8-12-27)5-6-26-9-13-28(14-10-26)36-38-30-17-21-32(22-18-30)40(4-2)24-34/h5-22H,3-4,23-24,33-34H2,1-2H3/b6-5+,37-35+,38-36+. The summed E-state index contributed by atoms with van der Waals surface area (Å²) in [7, 11) is 0. The molecule has 0 spiro atoms. The van der Waals surface area contributed by atoms with Crippen molar-refractivity contribution in [3.63, 3.8) is 0 Å². The highest BCUT2D eigenvalue weighted by Crippen LogP contribution is 2.24. The molecule has 204 valence electrons. The third-order valence-electron chi connectivity index (χ3n) is 6.45. The van der Waals surface area contributed by atoms with Crippen LogP contribution in [0.4, 0.5) is 34.1 Å². The Labute approximate surface area is 236 Å². The number of hydrogen-bond acceptors (Lipinski definition) is 8. The topological polar surface area (TPSA) is 108 Å². The SMILES string of the molecule is CCN(CN)c1ccc(/N=N/c2ccc(/C=C/c3ccc(/N=N/c4ccc(N(CC)CN)cc4)cc3)cc2)cc1. The zero-order valence-electron chi connectivity index (χ0n) is 23.1. The Kier molecular flexibility index (Phi) is 10.3. The molecule has 0 aliphatic rings. The summed E-state index contributed by atoms with van der Waals surface area (Å²) >= 11 is 0. The van der Waals surface area contributed by atoms with Crippen molar-refractivity contribution in [1.29, 1.82) is 0 Å². The van der Waals surface area contributed by atoms with E-state index in [1.807, 2.05) is 97.1 Å². The normalized spacial score (nSPS) is 11.6. The average molecular weight is 533 g/mol. The van der Waals surface area contributed by atoms with Gasteiger partial charge in [0, 0.05) is 24.5 Å². The number of anilines is 2. The Hall–Kier alpha value is -4.66. The van der Waals surface area contributed by atoms with Gasteiger partial charge in [0.25, 0.3) is 0 Å². The van der Waals surface area contributed by atoms with Gasteiger partial charge in [-0.15, -0.1) is 0 Å². The van der Waals surface area contributed by atoms with Gasteiger partial charge in [0.2, 0.25) is 0 Å². The number of benzene rings is 4. The molecule has 0 aliphatic carbocycles. The van der Waals surface area contributed by atoms with Gasteiger partial charge in [-0.3, -0.25) is 0 Å². The Morgan fingerprint density at radius 1 is 0.475 bits per heavy atom. The smallest absolute Gasteiger partial charge is 0.0858 e. The summed E-state index contributed by atoms with van der Waals surface area (Å²) in [5.74, 6) is 0. The van der Waals surface area contributed by atoms with E-state index in [0.717, 1.165) is 58.3 Å². The van der Waals surface area contributed by atoms with E-state index in [1.165, 1.54) is 0 Å². The van der Waals surface area contributed by atoms with E-state index in [2.05, 4.69) is 56.3 Å². The van der Waals surface area contributed by atoms with Gasteiger partial charge in [0.15, 0.2) is 0 Å². The second-order valence-electron chi connectivity index (χ2n) is 9.03. The van der Waals surface area contributed by atoms with Crippen molar-refractivity contribution in [1.82, 2.24) is 0 Å². The molecule has 0 aromatic heterocycles. The van der Waals surface area contributed by atoms with Crippen molar-refractivity contribution in [2.24, 2.45) is 31.9 Å². The van der Waals surface area contributed by atoms with Crippen LogP contribution >= 0.6 is 0 Å². The summed E-state index contributed by atoms with van der Waals surface area (Å²) in [6.45, 7) is 6.85. The molecule has 0 heterocycles. The number of hydrogen-bond donors (Lipinski definition) is 2. The van der Waals surface area contributed by atoms with Crippen molar-refractivity contribution in [2.75, 3.05) is 36.2 Å². The molecule has 40 heavy (non-hydrogen) atoms. The lowest BCUT2D eigenvalue weighted by Crippen LogP contribution is -2.29. The molecule has 0 unspecified atom stereocenters. The van der Waals surface area contributed by atoms with Crippen molar-refractivity contribution in [3.05, 3.63) is 108 Å². The van der Waals surface area contributed by atoms with Crippen LogP contribution in [-0.2, 0) is 0 Å². The van der Waals surface area contributed by atoms with E-state index < -0.39 is 0 Å². The quantitative estimate of drug-likeness (QED) is 0.109. The average Bonchev–Trinajstić information content (AvgIpc) is 3.01. The summed E-state index contributed by atoms with van der Waals surface area (Å²) in [5.41, 5.74) is 19.0. The van der Waals surface area contributed by atoms with Crippen LogP contribution in [0.25, 0.3) is 12.2 Å². The predicted octanol–water partition coefficient (Wildman–Crippen LogP) is 8.17. The maximum absolute atomic E-state index is 5.78. The number of azo groups is 2. The van der Waals surface area contributed by atoms with Crippen molar-refractivity contribution < 1.29 is 0 Å². The fourth-order valence-electron chi connectivity index (χ4n) is 4.02. The molecule has 0 amide bonds. The summed E-state index contributed by atoms with van der Waals surface area (Å²) in [6, 6.07) is 31.7. The third-order valence-corrected chi connectivity index (χ3v) is 6.45. The number of nitrogens with zero attached hydrogens (tertiary/aromatic N) is 6. The van der Waals surface area contributed by atoms with Crippen LogP contribution < -0.4 is 21.3 Å². The zero-order valence-corrected chi connectivity index (χ0v) is 23.1. The first-order chi connectivity index (χ1) is 19.6. The van der Waals surface area contributed by atoms with Crippen LogP contribution in [0.2, 0.25) is 0 Å². The van der Waals surface area contributed by atoms with Crippen LogP contribution in [0.15, 0.2) is 118 Å². The Morgan fingerprint density at radius 3 is 1.00 bits per heavy atom. The third kappa shape index (κ3) is 7.92. The predicted molar refractivity (Wildman–Crippen MR) is 167 cm³/mol. The van der Waals surface area contributed by atoms with E-state index in [-0.39, 0.29) is 0 Å². The molecule has 0 fully saturated rings. The summed E-state index contributed by atoms with van der Waals surface area (Å²) in [5, 5.41) is 17.4. The van der Waals surface area contributed by atoms with E-state index in [1.54, 1.807) is 0 Å². The highest BCUT2D eigenvalue weighted by Gasteiger charge is 2.02. The Balaban J connectivity index is 1.31. The van der Waals surface area contributed by atoms with Gasteiger partial charge in [0.1, 0.15) is 0 Å². The van der Waals surface area contributed by atoms with E-state index in [4.69, 9.17) is 11.5 Å². The lowest BCUT2D eigenvalue weighted by atomic mass is 10.1. The highest BCUT2D eigenvalue weighted by molar-refractivity contribution is 5.70. The summed E-state index contributed by atoms with van der Waals surface area (Å²) in [4.78, 5) is 4.16. The molecule has 4 aromatic rings. The summed E-state index contributed by atoms with van der Waals surface area (Å²) < 4.78 is 0. The van der Waals surface area contributed by atoms with Gasteiger partial charge < -0.3 is 21.3 Å². The first-order valence-electron chi connectivity index (χ1n) is 13.4. The molecule has 8 nitrogen and oxygen atoms in total. The minimum Gasteiger partial charge on any atom is -0.359 e. The minimum atomic E-state index is 0.486. The van der Waals surface area contributed by atoms with Crippen LogP contribution in [0.1, 0.15) is 25.0 Å². The molecule has 4 N–H and O–H groups in total. The number of nitrogens with two attached hydrogens (primary N) is 2. The maximum Gasteiger partial charge on any atom is 0.0858 e. The van der Waals surface area contributed by atoms with Crippen LogP contribution in [-0.4, -0.2) is 26.4 Å². The molecular formula is C32H36N8. The van der Waals surface area contributed by atoms with Crippen molar-refractivity contribution in [2.45, 2.75) is 13.8 Å². The fourth-order valence-corrected chi connectivity index (χ4v) is 4.02. The van der Waals surface area contributed by atoms with Gasteiger partial charge in [-0.1, -0.05) is 36.4 Å². The summed E-state index contributed by atoms with van der Waals surface area (Å²) in [6.07, 6.45) is 4.13. The van der Waals surface area contributed by atoms with E-state index >= 15 is 0 Å². The number of rotatable bonds is 12. The van der Waals surface area contributed by atoms with Gasteiger partial charge in [-0.25, -0.2) is 0 Å². The van der Waals surface area contributed by atoms with Crippen molar-refractivity contribution in [3.8, 4) is 0 Å². The lowest BCUT2D eigenvalue weighted by molar-refractivity contribution is 0.843. The van der Waals surface area contributed by atoms with Gasteiger partial charge in [-0.05, 0) is 97.8 Å². The maximum atomic E-state index is 5.78. The molecule has 0 saturated heterocycles. The largest absolute Gasteiger partial charge is 0.359 e. The van der Waals surface area contributed by atoms with E-state index in [9.17, 15) is 0 Å². The molecule has 4 aromatic carbocycles. The fraction of sp³-hybridized carbons (Fsp3) is 0.188. The molecule has 4 rings (SSSR count). The van der Waals surface area contributed by atoms with Gasteiger partial charge >= 0.3 is 0 Å². The Morgan fingerprint density at radius 2 is 0.750 bits per heavy atom. The minimum absolute atomic E-state index is 0.486. The second-order valence-corrected chi connectivity index (χ2v) is 9.03. The molecule has 0 aliphatic heterocycles. The van der Waals surface area contributed by atoms with Crippen LogP contribution in [0, 0.1) is 0 Å². The molecule has 8 heteroatoms. The molecular weight excluding hydrogens is 496 g/mol. The zero-order chi connectivity index (χ0) is 28.2. The second kappa shape index (κ2) is 14.5.